The standard InChI is InChI=1S/C18H20N4S/c1-14(2)21(12-15-8-4-3-5-9-15)13-22-18(23)16-10-6-7-11-17(16)19-20-22/h3-11,14H,12-13H2,1-2H3. The van der Waals surface area contributed by atoms with Crippen molar-refractivity contribution in [3.05, 3.63) is 64.8 Å². The van der Waals surface area contributed by atoms with Gasteiger partial charge in [0, 0.05) is 18.0 Å². The second-order valence-electron chi connectivity index (χ2n) is 5.88. The molecule has 0 N–H and O–H groups in total. The van der Waals surface area contributed by atoms with Crippen molar-refractivity contribution in [3.8, 4) is 0 Å². The van der Waals surface area contributed by atoms with Crippen LogP contribution in [-0.2, 0) is 13.2 Å². The molecular weight excluding hydrogens is 304 g/mol. The molecule has 4 nitrogen and oxygen atoms in total. The molecule has 0 radical (unpaired) electrons. The lowest BCUT2D eigenvalue weighted by Gasteiger charge is -2.26. The summed E-state index contributed by atoms with van der Waals surface area (Å²) in [7, 11) is 0. The molecule has 3 rings (SSSR count). The predicted octanol–water partition coefficient (Wildman–Crippen LogP) is 4.03. The second kappa shape index (κ2) is 6.98. The van der Waals surface area contributed by atoms with Gasteiger partial charge >= 0.3 is 0 Å². The fraction of sp³-hybridized carbons (Fsp3) is 0.278. The van der Waals surface area contributed by atoms with Crippen molar-refractivity contribution >= 4 is 23.1 Å². The fourth-order valence-electron chi connectivity index (χ4n) is 2.50. The van der Waals surface area contributed by atoms with Gasteiger partial charge in [-0.15, -0.1) is 5.10 Å². The number of benzene rings is 2. The van der Waals surface area contributed by atoms with Gasteiger partial charge in [0.1, 0.15) is 4.64 Å². The molecule has 23 heavy (non-hydrogen) atoms. The highest BCUT2D eigenvalue weighted by Crippen LogP contribution is 2.14. The molecule has 3 aromatic rings. The molecule has 0 bridgehead atoms. The first-order chi connectivity index (χ1) is 11.1. The molecule has 0 aliphatic carbocycles. The molecule has 1 aromatic heterocycles. The van der Waals surface area contributed by atoms with E-state index in [1.165, 1.54) is 5.56 Å². The van der Waals surface area contributed by atoms with E-state index < -0.39 is 0 Å². The van der Waals surface area contributed by atoms with Gasteiger partial charge < -0.3 is 0 Å². The number of fused-ring (bicyclic) bond motifs is 1. The van der Waals surface area contributed by atoms with Crippen molar-refractivity contribution in [1.29, 1.82) is 0 Å². The van der Waals surface area contributed by atoms with E-state index >= 15 is 0 Å². The largest absolute Gasteiger partial charge is 0.278 e. The Kier molecular flexibility index (Phi) is 4.79. The summed E-state index contributed by atoms with van der Waals surface area (Å²) >= 11 is 5.60. The highest BCUT2D eigenvalue weighted by Gasteiger charge is 2.12. The van der Waals surface area contributed by atoms with E-state index in [9.17, 15) is 0 Å². The first-order valence-electron chi connectivity index (χ1n) is 7.75. The third-order valence-corrected chi connectivity index (χ3v) is 4.33. The number of aromatic nitrogens is 3. The summed E-state index contributed by atoms with van der Waals surface area (Å²) in [5, 5.41) is 9.55. The highest BCUT2D eigenvalue weighted by atomic mass is 32.1. The molecule has 1 heterocycles. The van der Waals surface area contributed by atoms with Crippen LogP contribution in [0.5, 0.6) is 0 Å². The summed E-state index contributed by atoms with van der Waals surface area (Å²) in [6.45, 7) is 5.85. The Morgan fingerprint density at radius 1 is 1.04 bits per heavy atom. The normalized spacial score (nSPS) is 11.5. The Labute approximate surface area is 141 Å². The summed E-state index contributed by atoms with van der Waals surface area (Å²) < 4.78 is 2.54. The minimum absolute atomic E-state index is 0.380. The van der Waals surface area contributed by atoms with Crippen LogP contribution in [0.2, 0.25) is 0 Å². The summed E-state index contributed by atoms with van der Waals surface area (Å²) in [5.74, 6) is 0. The van der Waals surface area contributed by atoms with Gasteiger partial charge in [-0.05, 0) is 31.5 Å². The Morgan fingerprint density at radius 2 is 1.74 bits per heavy atom. The average Bonchev–Trinajstić information content (AvgIpc) is 2.57. The lowest BCUT2D eigenvalue weighted by molar-refractivity contribution is 0.150. The van der Waals surface area contributed by atoms with E-state index in [4.69, 9.17) is 12.2 Å². The van der Waals surface area contributed by atoms with Gasteiger partial charge in [0.15, 0.2) is 0 Å². The van der Waals surface area contributed by atoms with Crippen LogP contribution in [0, 0.1) is 4.64 Å². The first-order valence-corrected chi connectivity index (χ1v) is 8.16. The molecule has 0 amide bonds. The zero-order valence-electron chi connectivity index (χ0n) is 13.4. The molecule has 0 atom stereocenters. The number of nitrogens with zero attached hydrogens (tertiary/aromatic N) is 4. The van der Waals surface area contributed by atoms with Crippen LogP contribution in [0.25, 0.3) is 10.9 Å². The molecule has 0 aliphatic rings. The van der Waals surface area contributed by atoms with Gasteiger partial charge in [0.25, 0.3) is 0 Å². The van der Waals surface area contributed by atoms with Crippen molar-refractivity contribution in [2.45, 2.75) is 33.1 Å². The van der Waals surface area contributed by atoms with E-state index in [2.05, 4.69) is 53.3 Å². The molecule has 2 aromatic carbocycles. The number of rotatable bonds is 5. The van der Waals surface area contributed by atoms with E-state index in [0.29, 0.717) is 12.7 Å². The van der Waals surface area contributed by atoms with Gasteiger partial charge in [0.05, 0.1) is 12.2 Å². The van der Waals surface area contributed by atoms with Crippen molar-refractivity contribution in [2.75, 3.05) is 0 Å². The van der Waals surface area contributed by atoms with Crippen LogP contribution >= 0.6 is 12.2 Å². The second-order valence-corrected chi connectivity index (χ2v) is 6.27. The lowest BCUT2D eigenvalue weighted by atomic mass is 10.2. The SMILES string of the molecule is CC(C)N(Cc1ccccc1)Cn1nnc2ccccc2c1=S. The Balaban J connectivity index is 1.89. The molecule has 118 valence electrons. The maximum atomic E-state index is 5.60. The van der Waals surface area contributed by atoms with E-state index in [1.807, 2.05) is 30.3 Å². The fourth-order valence-corrected chi connectivity index (χ4v) is 2.77. The summed E-state index contributed by atoms with van der Waals surface area (Å²) in [5.41, 5.74) is 2.12. The van der Waals surface area contributed by atoms with Gasteiger partial charge in [0.2, 0.25) is 0 Å². The molecule has 0 spiro atoms. The topological polar surface area (TPSA) is 34.0 Å². The smallest absolute Gasteiger partial charge is 0.135 e. The zero-order valence-corrected chi connectivity index (χ0v) is 14.2. The third-order valence-electron chi connectivity index (χ3n) is 3.90. The van der Waals surface area contributed by atoms with Gasteiger partial charge in [-0.25, -0.2) is 4.68 Å². The number of hydrogen-bond donors (Lipinski definition) is 0. The van der Waals surface area contributed by atoms with Crippen LogP contribution in [0.15, 0.2) is 54.6 Å². The van der Waals surface area contributed by atoms with E-state index in [1.54, 1.807) is 4.68 Å². The van der Waals surface area contributed by atoms with Crippen molar-refractivity contribution < 1.29 is 0 Å². The molecule has 0 aliphatic heterocycles. The zero-order chi connectivity index (χ0) is 16.2. The van der Waals surface area contributed by atoms with Crippen LogP contribution in [-0.4, -0.2) is 25.9 Å². The van der Waals surface area contributed by atoms with Gasteiger partial charge in [-0.3, -0.25) is 4.90 Å². The first kappa shape index (κ1) is 15.8. The quantitative estimate of drug-likeness (QED) is 0.664. The Bertz CT molecular complexity index is 842. The van der Waals surface area contributed by atoms with Crippen LogP contribution in [0.4, 0.5) is 0 Å². The van der Waals surface area contributed by atoms with Gasteiger partial charge in [-0.1, -0.05) is 59.9 Å². The van der Waals surface area contributed by atoms with Crippen molar-refractivity contribution in [3.63, 3.8) is 0 Å². The van der Waals surface area contributed by atoms with Crippen LogP contribution < -0.4 is 0 Å². The van der Waals surface area contributed by atoms with E-state index in [-0.39, 0.29) is 0 Å². The minimum Gasteiger partial charge on any atom is -0.278 e. The van der Waals surface area contributed by atoms with Crippen LogP contribution in [0.1, 0.15) is 19.4 Å². The summed E-state index contributed by atoms with van der Waals surface area (Å²) in [4.78, 5) is 2.33. The lowest BCUT2D eigenvalue weighted by Crippen LogP contribution is -2.33. The molecule has 0 unspecified atom stereocenters. The third kappa shape index (κ3) is 3.63. The number of hydrogen-bond acceptors (Lipinski definition) is 4. The monoisotopic (exact) mass is 324 g/mol. The van der Waals surface area contributed by atoms with Gasteiger partial charge in [-0.2, -0.15) is 0 Å². The minimum atomic E-state index is 0.380. The summed E-state index contributed by atoms with van der Waals surface area (Å²) in [6.07, 6.45) is 0. The predicted molar refractivity (Wildman–Crippen MR) is 95.5 cm³/mol. The van der Waals surface area contributed by atoms with Crippen molar-refractivity contribution in [2.24, 2.45) is 0 Å². The molecule has 0 fully saturated rings. The molecule has 5 heteroatoms. The average molecular weight is 324 g/mol. The van der Waals surface area contributed by atoms with Crippen molar-refractivity contribution in [1.82, 2.24) is 19.9 Å². The van der Waals surface area contributed by atoms with E-state index in [0.717, 1.165) is 22.1 Å². The molecule has 0 saturated heterocycles. The Morgan fingerprint density at radius 3 is 2.48 bits per heavy atom. The maximum Gasteiger partial charge on any atom is 0.135 e. The maximum absolute atomic E-state index is 5.60. The molecular formula is C18H20N4S. The van der Waals surface area contributed by atoms with Crippen LogP contribution in [0.3, 0.4) is 0 Å². The summed E-state index contributed by atoms with van der Waals surface area (Å²) in [6, 6.07) is 18.7. The Hall–Kier alpha value is -2.11. The highest BCUT2D eigenvalue weighted by molar-refractivity contribution is 7.71. The molecule has 0 saturated carbocycles.